The van der Waals surface area contributed by atoms with Gasteiger partial charge in [0.25, 0.3) is 11.8 Å². The summed E-state index contributed by atoms with van der Waals surface area (Å²) in [5.74, 6) is 1.33. The molecule has 5 nitrogen and oxygen atoms in total. The topological polar surface area (TPSA) is 58.6 Å². The first-order chi connectivity index (χ1) is 14.1. The average molecular weight is 392 g/mol. The van der Waals surface area contributed by atoms with Crippen molar-refractivity contribution in [3.05, 3.63) is 65.2 Å². The lowest BCUT2D eigenvalue weighted by Crippen LogP contribution is -2.39. The quantitative estimate of drug-likeness (QED) is 0.813. The van der Waals surface area contributed by atoms with Crippen LogP contribution in [0.4, 0.5) is 0 Å². The van der Waals surface area contributed by atoms with Crippen molar-refractivity contribution in [1.29, 1.82) is 0 Å². The number of benzene rings is 2. The molecule has 0 radical (unpaired) electrons. The summed E-state index contributed by atoms with van der Waals surface area (Å²) in [5.41, 5.74) is 2.59. The Labute approximate surface area is 172 Å². The second kappa shape index (κ2) is 8.68. The molecule has 0 aromatic heterocycles. The van der Waals surface area contributed by atoms with E-state index >= 15 is 0 Å². The number of carbonyl (C=O) groups is 2. The zero-order chi connectivity index (χ0) is 20.2. The molecular formula is C24H28N2O3. The Hall–Kier alpha value is -2.82. The SMILES string of the molecule is Cc1ccc(C(=O)N2CCC(COc3ccc(C(=O)NC4CC4)cc3)CC2)cc1. The Bertz CT molecular complexity index is 849. The highest BCUT2D eigenvalue weighted by Gasteiger charge is 2.25. The third kappa shape index (κ3) is 5.17. The molecule has 1 heterocycles. The van der Waals surface area contributed by atoms with Crippen molar-refractivity contribution in [2.45, 2.75) is 38.6 Å². The van der Waals surface area contributed by atoms with E-state index in [0.29, 0.717) is 24.1 Å². The number of nitrogens with one attached hydrogen (secondary N) is 1. The predicted octanol–water partition coefficient (Wildman–Crippen LogP) is 3.82. The number of nitrogens with zero attached hydrogens (tertiary/aromatic N) is 1. The minimum absolute atomic E-state index is 0.00957. The van der Waals surface area contributed by atoms with Crippen molar-refractivity contribution in [2.75, 3.05) is 19.7 Å². The molecule has 1 saturated carbocycles. The van der Waals surface area contributed by atoms with Gasteiger partial charge in [-0.3, -0.25) is 9.59 Å². The van der Waals surface area contributed by atoms with Crippen LogP contribution in [0.15, 0.2) is 48.5 Å². The molecule has 1 N–H and O–H groups in total. The summed E-state index contributed by atoms with van der Waals surface area (Å²) < 4.78 is 5.93. The van der Waals surface area contributed by atoms with Crippen LogP contribution in [-0.2, 0) is 0 Å². The summed E-state index contributed by atoms with van der Waals surface area (Å²) in [4.78, 5) is 26.6. The number of hydrogen-bond acceptors (Lipinski definition) is 3. The molecule has 1 saturated heterocycles. The van der Waals surface area contributed by atoms with Gasteiger partial charge in [-0.15, -0.1) is 0 Å². The van der Waals surface area contributed by atoms with Gasteiger partial charge in [0.1, 0.15) is 5.75 Å². The van der Waals surface area contributed by atoms with Gasteiger partial charge in [0.15, 0.2) is 0 Å². The first-order valence-electron chi connectivity index (χ1n) is 10.5. The third-order valence-corrected chi connectivity index (χ3v) is 5.72. The number of aryl methyl sites for hydroxylation is 1. The van der Waals surface area contributed by atoms with Gasteiger partial charge in [-0.2, -0.15) is 0 Å². The van der Waals surface area contributed by atoms with E-state index in [-0.39, 0.29) is 11.8 Å². The molecule has 1 aliphatic carbocycles. The van der Waals surface area contributed by atoms with Crippen LogP contribution in [0.3, 0.4) is 0 Å². The van der Waals surface area contributed by atoms with Crippen molar-refractivity contribution in [1.82, 2.24) is 10.2 Å². The van der Waals surface area contributed by atoms with Crippen LogP contribution in [0.1, 0.15) is 52.0 Å². The Kier molecular flexibility index (Phi) is 5.84. The van der Waals surface area contributed by atoms with Crippen LogP contribution >= 0.6 is 0 Å². The van der Waals surface area contributed by atoms with Crippen LogP contribution in [0.25, 0.3) is 0 Å². The molecule has 2 aliphatic rings. The van der Waals surface area contributed by atoms with E-state index in [1.54, 1.807) is 0 Å². The standard InChI is InChI=1S/C24H28N2O3/c1-17-2-4-20(5-3-17)24(28)26-14-12-18(13-15-26)16-29-22-10-6-19(7-11-22)23(27)25-21-8-9-21/h2-7,10-11,18,21H,8-9,12-16H2,1H3,(H,25,27). The molecular weight excluding hydrogens is 364 g/mol. The number of rotatable bonds is 6. The van der Waals surface area contributed by atoms with Gasteiger partial charge in [0.2, 0.25) is 0 Å². The highest BCUT2D eigenvalue weighted by molar-refractivity contribution is 5.95. The molecule has 2 fully saturated rings. The van der Waals surface area contributed by atoms with Gasteiger partial charge < -0.3 is 15.0 Å². The molecule has 1 aliphatic heterocycles. The Morgan fingerprint density at radius 2 is 1.55 bits per heavy atom. The lowest BCUT2D eigenvalue weighted by Gasteiger charge is -2.32. The van der Waals surface area contributed by atoms with Crippen molar-refractivity contribution in [2.24, 2.45) is 5.92 Å². The van der Waals surface area contributed by atoms with Gasteiger partial charge in [-0.25, -0.2) is 0 Å². The van der Waals surface area contributed by atoms with Crippen LogP contribution in [0.5, 0.6) is 5.75 Å². The van der Waals surface area contributed by atoms with E-state index in [2.05, 4.69) is 5.32 Å². The Morgan fingerprint density at radius 1 is 0.931 bits per heavy atom. The summed E-state index contributed by atoms with van der Waals surface area (Å²) in [5, 5.41) is 2.99. The van der Waals surface area contributed by atoms with Crippen LogP contribution < -0.4 is 10.1 Å². The number of ether oxygens (including phenoxy) is 1. The van der Waals surface area contributed by atoms with Gasteiger partial charge in [-0.05, 0) is 74.9 Å². The van der Waals surface area contributed by atoms with Crippen molar-refractivity contribution in [3.63, 3.8) is 0 Å². The molecule has 4 rings (SSSR count). The fourth-order valence-corrected chi connectivity index (χ4v) is 3.59. The Balaban J connectivity index is 1.22. The predicted molar refractivity (Wildman–Crippen MR) is 112 cm³/mol. The van der Waals surface area contributed by atoms with Gasteiger partial charge in [0, 0.05) is 30.3 Å². The Morgan fingerprint density at radius 3 is 2.17 bits per heavy atom. The van der Waals surface area contributed by atoms with Crippen LogP contribution in [0, 0.1) is 12.8 Å². The number of piperidine rings is 1. The first kappa shape index (κ1) is 19.5. The average Bonchev–Trinajstić information content (AvgIpc) is 3.57. The smallest absolute Gasteiger partial charge is 0.253 e. The molecule has 5 heteroatoms. The lowest BCUT2D eigenvalue weighted by atomic mass is 9.97. The van der Waals surface area contributed by atoms with E-state index in [9.17, 15) is 9.59 Å². The number of hydrogen-bond donors (Lipinski definition) is 1. The van der Waals surface area contributed by atoms with Crippen molar-refractivity contribution in [3.8, 4) is 5.75 Å². The maximum Gasteiger partial charge on any atom is 0.253 e. The van der Waals surface area contributed by atoms with Crippen molar-refractivity contribution < 1.29 is 14.3 Å². The molecule has 2 amide bonds. The van der Waals surface area contributed by atoms with E-state index in [0.717, 1.165) is 55.6 Å². The third-order valence-electron chi connectivity index (χ3n) is 5.72. The largest absolute Gasteiger partial charge is 0.493 e. The number of carbonyl (C=O) groups excluding carboxylic acids is 2. The van der Waals surface area contributed by atoms with Crippen LogP contribution in [-0.4, -0.2) is 42.5 Å². The van der Waals surface area contributed by atoms with Gasteiger partial charge >= 0.3 is 0 Å². The maximum absolute atomic E-state index is 12.6. The molecule has 0 unspecified atom stereocenters. The highest BCUT2D eigenvalue weighted by Crippen LogP contribution is 2.22. The van der Waals surface area contributed by atoms with Gasteiger partial charge in [0.05, 0.1) is 6.61 Å². The zero-order valence-electron chi connectivity index (χ0n) is 16.9. The molecule has 0 bridgehead atoms. The summed E-state index contributed by atoms with van der Waals surface area (Å²) in [7, 11) is 0. The molecule has 0 atom stereocenters. The summed E-state index contributed by atoms with van der Waals surface area (Å²) in [6.45, 7) is 4.19. The monoisotopic (exact) mass is 392 g/mol. The van der Waals surface area contributed by atoms with E-state index in [4.69, 9.17) is 4.74 Å². The minimum Gasteiger partial charge on any atom is -0.493 e. The van der Waals surface area contributed by atoms with Gasteiger partial charge in [-0.1, -0.05) is 17.7 Å². The van der Waals surface area contributed by atoms with E-state index < -0.39 is 0 Å². The molecule has 0 spiro atoms. The fraction of sp³-hybridized carbons (Fsp3) is 0.417. The molecule has 2 aromatic rings. The summed E-state index contributed by atoms with van der Waals surface area (Å²) >= 11 is 0. The van der Waals surface area contributed by atoms with E-state index in [1.165, 1.54) is 0 Å². The number of likely N-dealkylation sites (tertiary alicyclic amines) is 1. The molecule has 2 aromatic carbocycles. The minimum atomic E-state index is -0.00957. The summed E-state index contributed by atoms with van der Waals surface area (Å²) in [6.07, 6.45) is 4.06. The van der Waals surface area contributed by atoms with Crippen molar-refractivity contribution >= 4 is 11.8 Å². The second-order valence-corrected chi connectivity index (χ2v) is 8.18. The number of amides is 2. The molecule has 29 heavy (non-hydrogen) atoms. The maximum atomic E-state index is 12.6. The first-order valence-corrected chi connectivity index (χ1v) is 10.5. The summed E-state index contributed by atoms with van der Waals surface area (Å²) in [6, 6.07) is 15.5. The fourth-order valence-electron chi connectivity index (χ4n) is 3.59. The molecule has 152 valence electrons. The normalized spacial score (nSPS) is 17.1. The second-order valence-electron chi connectivity index (χ2n) is 8.18. The zero-order valence-corrected chi connectivity index (χ0v) is 16.9. The highest BCUT2D eigenvalue weighted by atomic mass is 16.5. The van der Waals surface area contributed by atoms with Crippen LogP contribution in [0.2, 0.25) is 0 Å². The lowest BCUT2D eigenvalue weighted by molar-refractivity contribution is 0.0660. The van der Waals surface area contributed by atoms with E-state index in [1.807, 2.05) is 60.4 Å².